The van der Waals surface area contributed by atoms with E-state index in [4.69, 9.17) is 0 Å². The Morgan fingerprint density at radius 2 is 1.70 bits per heavy atom. The molecule has 1 heterocycles. The smallest absolute Gasteiger partial charge is 0.235 e. The van der Waals surface area contributed by atoms with Crippen LogP contribution in [-0.2, 0) is 11.3 Å². The molecule has 0 bridgehead atoms. The van der Waals surface area contributed by atoms with Gasteiger partial charge in [0, 0.05) is 12.1 Å². The number of carbonyl (C=O) groups excluding carboxylic acids is 1. The highest BCUT2D eigenvalue weighted by Gasteiger charge is 2.36. The van der Waals surface area contributed by atoms with E-state index in [-0.39, 0.29) is 11.8 Å². The Kier molecular flexibility index (Phi) is 3.52. The average Bonchev–Trinajstić information content (AvgIpc) is 2.75. The maximum Gasteiger partial charge on any atom is 0.235 e. The van der Waals surface area contributed by atoms with Crippen LogP contribution in [0.1, 0.15) is 23.5 Å². The van der Waals surface area contributed by atoms with Crippen LogP contribution in [0.25, 0.3) is 0 Å². The number of rotatable bonds is 4. The van der Waals surface area contributed by atoms with Crippen molar-refractivity contribution in [2.75, 3.05) is 11.4 Å². The highest BCUT2D eigenvalue weighted by molar-refractivity contribution is 6.04. The molecule has 20 heavy (non-hydrogen) atoms. The van der Waals surface area contributed by atoms with E-state index < -0.39 is 0 Å². The van der Waals surface area contributed by atoms with Gasteiger partial charge in [0.15, 0.2) is 0 Å². The number of carbonyl (C=O) groups is 1. The quantitative estimate of drug-likeness (QED) is 0.904. The number of nitrogens with zero attached hydrogens (tertiary/aromatic N) is 1. The molecule has 1 atom stereocenters. The molecular formula is C17H19N2O+. The highest BCUT2D eigenvalue weighted by atomic mass is 16.2. The molecule has 3 nitrogen and oxygen atoms in total. The first kappa shape index (κ1) is 12.9. The van der Waals surface area contributed by atoms with Gasteiger partial charge in [-0.25, -0.2) is 0 Å². The Bertz CT molecular complexity index is 609. The zero-order chi connectivity index (χ0) is 13.9. The summed E-state index contributed by atoms with van der Waals surface area (Å²) in [5, 5.41) is 0. The first-order valence-electron chi connectivity index (χ1n) is 7.04. The fourth-order valence-corrected chi connectivity index (χ4v) is 2.88. The minimum absolute atomic E-state index is 0.0209. The van der Waals surface area contributed by atoms with E-state index in [2.05, 4.69) is 23.9 Å². The molecule has 3 rings (SSSR count). The van der Waals surface area contributed by atoms with Crippen molar-refractivity contribution < 1.29 is 10.5 Å². The lowest BCUT2D eigenvalue weighted by molar-refractivity contribution is -0.368. The van der Waals surface area contributed by atoms with Gasteiger partial charge in [-0.15, -0.1) is 0 Å². The summed E-state index contributed by atoms with van der Waals surface area (Å²) in [5.41, 5.74) is 7.26. The van der Waals surface area contributed by atoms with Gasteiger partial charge in [0.2, 0.25) is 5.91 Å². The Morgan fingerprint density at radius 1 is 1.00 bits per heavy atom. The molecule has 102 valence electrons. The maximum absolute atomic E-state index is 12.7. The topological polar surface area (TPSA) is 48.0 Å². The van der Waals surface area contributed by atoms with Gasteiger partial charge in [-0.2, -0.15) is 0 Å². The van der Waals surface area contributed by atoms with Crippen LogP contribution in [0.2, 0.25) is 0 Å². The third-order valence-electron chi connectivity index (χ3n) is 3.84. The zero-order valence-electron chi connectivity index (χ0n) is 11.5. The molecule has 3 N–H and O–H groups in total. The molecule has 3 heteroatoms. The number of hydrogen-bond acceptors (Lipinski definition) is 1. The number of hydrogen-bond donors (Lipinski definition) is 1. The number of quaternary nitrogens is 1. The van der Waals surface area contributed by atoms with Crippen molar-refractivity contribution in [2.45, 2.75) is 18.9 Å². The molecule has 2 aromatic carbocycles. The van der Waals surface area contributed by atoms with E-state index in [0.29, 0.717) is 6.54 Å². The van der Waals surface area contributed by atoms with Crippen LogP contribution in [0.5, 0.6) is 0 Å². The summed E-state index contributed by atoms with van der Waals surface area (Å²) >= 11 is 0. The van der Waals surface area contributed by atoms with Gasteiger partial charge >= 0.3 is 0 Å². The highest BCUT2D eigenvalue weighted by Crippen LogP contribution is 2.39. The molecule has 0 fully saturated rings. The molecule has 1 amide bonds. The van der Waals surface area contributed by atoms with Crippen molar-refractivity contribution >= 4 is 11.6 Å². The first-order chi connectivity index (χ1) is 9.81. The summed E-state index contributed by atoms with van der Waals surface area (Å²) in [6.07, 6.45) is 0.821. The minimum atomic E-state index is -0.0209. The minimum Gasteiger partial charge on any atom is -0.358 e. The van der Waals surface area contributed by atoms with Crippen LogP contribution in [-0.4, -0.2) is 12.5 Å². The Morgan fingerprint density at radius 3 is 2.45 bits per heavy atom. The number of para-hydroxylation sites is 1. The van der Waals surface area contributed by atoms with E-state index in [1.54, 1.807) is 0 Å². The van der Waals surface area contributed by atoms with Crippen LogP contribution < -0.4 is 10.6 Å². The van der Waals surface area contributed by atoms with E-state index in [1.807, 2.05) is 41.3 Å². The van der Waals surface area contributed by atoms with Gasteiger partial charge in [0.1, 0.15) is 0 Å². The van der Waals surface area contributed by atoms with Crippen LogP contribution in [0.4, 0.5) is 5.69 Å². The van der Waals surface area contributed by atoms with Crippen molar-refractivity contribution in [2.24, 2.45) is 0 Å². The van der Waals surface area contributed by atoms with Crippen LogP contribution in [0.15, 0.2) is 54.6 Å². The summed E-state index contributed by atoms with van der Waals surface area (Å²) in [5.74, 6) is 0.186. The lowest BCUT2D eigenvalue weighted by Gasteiger charge is -2.18. The first-order valence-corrected chi connectivity index (χ1v) is 7.04. The molecule has 0 aliphatic carbocycles. The largest absolute Gasteiger partial charge is 0.358 e. The Balaban J connectivity index is 1.94. The lowest BCUT2D eigenvalue weighted by Crippen LogP contribution is -2.51. The van der Waals surface area contributed by atoms with Crippen molar-refractivity contribution in [1.29, 1.82) is 0 Å². The zero-order valence-corrected chi connectivity index (χ0v) is 11.5. The number of amides is 1. The van der Waals surface area contributed by atoms with Gasteiger partial charge < -0.3 is 10.6 Å². The second-order valence-corrected chi connectivity index (χ2v) is 5.16. The van der Waals surface area contributed by atoms with Gasteiger partial charge in [-0.05, 0) is 17.2 Å². The van der Waals surface area contributed by atoms with Crippen molar-refractivity contribution in [3.63, 3.8) is 0 Å². The van der Waals surface area contributed by atoms with E-state index in [1.165, 1.54) is 0 Å². The van der Waals surface area contributed by atoms with Crippen molar-refractivity contribution in [3.8, 4) is 0 Å². The number of benzene rings is 2. The second-order valence-electron chi connectivity index (χ2n) is 5.16. The van der Waals surface area contributed by atoms with Crippen LogP contribution >= 0.6 is 0 Å². The van der Waals surface area contributed by atoms with Crippen molar-refractivity contribution in [1.82, 2.24) is 0 Å². The molecule has 2 aromatic rings. The monoisotopic (exact) mass is 267 g/mol. The summed E-state index contributed by atoms with van der Waals surface area (Å²) in [6, 6.07) is 18.2. The number of anilines is 1. The van der Waals surface area contributed by atoms with Crippen LogP contribution in [0, 0.1) is 0 Å². The third kappa shape index (κ3) is 2.21. The van der Waals surface area contributed by atoms with E-state index >= 15 is 0 Å². The van der Waals surface area contributed by atoms with E-state index in [9.17, 15) is 4.79 Å². The molecule has 0 aromatic heterocycles. The van der Waals surface area contributed by atoms with Crippen molar-refractivity contribution in [3.05, 3.63) is 65.7 Å². The third-order valence-corrected chi connectivity index (χ3v) is 3.84. The number of fused-ring (bicyclic) bond motifs is 1. The SMILES string of the molecule is [NH3+]CCC1C(=O)N(Cc2ccccc2)c2ccccc21. The van der Waals surface area contributed by atoms with Crippen LogP contribution in [0.3, 0.4) is 0 Å². The molecule has 1 unspecified atom stereocenters. The predicted molar refractivity (Wildman–Crippen MR) is 79.2 cm³/mol. The Labute approximate surface area is 119 Å². The molecule has 1 aliphatic heterocycles. The molecular weight excluding hydrogens is 248 g/mol. The molecule has 0 saturated carbocycles. The summed E-state index contributed by atoms with van der Waals surface area (Å²) in [6.45, 7) is 1.42. The average molecular weight is 267 g/mol. The van der Waals surface area contributed by atoms with Gasteiger partial charge in [0.25, 0.3) is 0 Å². The van der Waals surface area contributed by atoms with Gasteiger partial charge in [0.05, 0.1) is 19.0 Å². The summed E-state index contributed by atoms with van der Waals surface area (Å²) in [7, 11) is 0. The Hall–Kier alpha value is -2.13. The summed E-state index contributed by atoms with van der Waals surface area (Å²) in [4.78, 5) is 14.6. The lowest BCUT2D eigenvalue weighted by atomic mass is 9.97. The van der Waals surface area contributed by atoms with Gasteiger partial charge in [-0.1, -0.05) is 48.5 Å². The maximum atomic E-state index is 12.7. The molecule has 0 spiro atoms. The molecule has 0 radical (unpaired) electrons. The summed E-state index contributed by atoms with van der Waals surface area (Å²) < 4.78 is 0. The standard InChI is InChI=1S/C17H18N2O/c18-11-10-15-14-8-4-5-9-16(14)19(17(15)20)12-13-6-2-1-3-7-13/h1-9,15H,10-12,18H2/p+1. The fourth-order valence-electron chi connectivity index (χ4n) is 2.88. The second kappa shape index (κ2) is 5.47. The fraction of sp³-hybridized carbons (Fsp3) is 0.235. The molecule has 1 aliphatic rings. The van der Waals surface area contributed by atoms with Gasteiger partial charge in [-0.3, -0.25) is 4.79 Å². The molecule has 0 saturated heterocycles. The van der Waals surface area contributed by atoms with E-state index in [0.717, 1.165) is 29.8 Å². The normalized spacial score (nSPS) is 17.4. The predicted octanol–water partition coefficient (Wildman–Crippen LogP) is 1.95.